The average molecular weight is 298 g/mol. The van der Waals surface area contributed by atoms with Crippen LogP contribution >= 0.6 is 11.3 Å². The van der Waals surface area contributed by atoms with Crippen molar-refractivity contribution in [2.24, 2.45) is 5.10 Å². The van der Waals surface area contributed by atoms with E-state index in [1.165, 1.54) is 18.3 Å². The molecule has 1 aromatic heterocycles. The van der Waals surface area contributed by atoms with Crippen LogP contribution < -0.4 is 10.7 Å². The molecule has 0 unspecified atom stereocenters. The second kappa shape index (κ2) is 6.24. The van der Waals surface area contributed by atoms with E-state index in [9.17, 15) is 19.7 Å². The molecule has 9 heteroatoms. The van der Waals surface area contributed by atoms with Crippen molar-refractivity contribution in [3.8, 4) is 0 Å². The fourth-order valence-corrected chi connectivity index (χ4v) is 1.81. The summed E-state index contributed by atoms with van der Waals surface area (Å²) in [5, 5.41) is 16.5. The summed E-state index contributed by atoms with van der Waals surface area (Å²) < 4.78 is 0. The van der Waals surface area contributed by atoms with Crippen LogP contribution in [-0.2, 0) is 9.59 Å². The number of carbonyl (C=O) groups is 2. The van der Waals surface area contributed by atoms with Crippen molar-refractivity contribution < 1.29 is 14.5 Å². The smallest absolute Gasteiger partial charge is 0.329 e. The van der Waals surface area contributed by atoms with Crippen LogP contribution in [0.2, 0.25) is 0 Å². The van der Waals surface area contributed by atoms with E-state index in [-0.39, 0.29) is 5.00 Å². The molecule has 108 valence electrons. The molecule has 0 fully saturated rings. The third-order valence-electron chi connectivity index (χ3n) is 1.85. The number of nitrogens with one attached hydrogen (secondary N) is 2. The number of thiophene rings is 1. The Kier molecular flexibility index (Phi) is 4.92. The Morgan fingerprint density at radius 2 is 2.00 bits per heavy atom. The molecule has 1 rings (SSSR count). The normalized spacial score (nSPS) is 11.3. The van der Waals surface area contributed by atoms with Crippen molar-refractivity contribution in [2.75, 3.05) is 0 Å². The van der Waals surface area contributed by atoms with Gasteiger partial charge >= 0.3 is 16.8 Å². The lowest BCUT2D eigenvalue weighted by Gasteiger charge is -2.19. The molecule has 0 radical (unpaired) electrons. The number of nitrogens with zero attached hydrogens (tertiary/aromatic N) is 2. The Hall–Kier alpha value is -2.29. The van der Waals surface area contributed by atoms with Crippen LogP contribution in [0.15, 0.2) is 17.2 Å². The fourth-order valence-electron chi connectivity index (χ4n) is 1.11. The maximum absolute atomic E-state index is 11.4. The van der Waals surface area contributed by atoms with Gasteiger partial charge in [0.05, 0.1) is 16.0 Å². The van der Waals surface area contributed by atoms with E-state index < -0.39 is 22.3 Å². The van der Waals surface area contributed by atoms with Crippen LogP contribution in [0, 0.1) is 10.1 Å². The summed E-state index contributed by atoms with van der Waals surface area (Å²) in [6, 6.07) is 2.83. The maximum atomic E-state index is 11.4. The van der Waals surface area contributed by atoms with Gasteiger partial charge in [-0.25, -0.2) is 5.43 Å². The van der Waals surface area contributed by atoms with E-state index >= 15 is 0 Å². The Balaban J connectivity index is 2.53. The van der Waals surface area contributed by atoms with Gasteiger partial charge in [-0.1, -0.05) is 11.3 Å². The minimum atomic E-state index is -0.901. The first-order valence-corrected chi connectivity index (χ1v) is 6.40. The molecule has 0 bridgehead atoms. The van der Waals surface area contributed by atoms with Crippen LogP contribution in [0.3, 0.4) is 0 Å². The number of carbonyl (C=O) groups excluding carboxylic acids is 2. The first-order valence-electron chi connectivity index (χ1n) is 5.59. The summed E-state index contributed by atoms with van der Waals surface area (Å²) in [7, 11) is 0. The Morgan fingerprint density at radius 1 is 1.35 bits per heavy atom. The first kappa shape index (κ1) is 15.8. The molecule has 1 aromatic rings. The lowest BCUT2D eigenvalue weighted by atomic mass is 10.1. The summed E-state index contributed by atoms with van der Waals surface area (Å²) in [6.45, 7) is 5.23. The van der Waals surface area contributed by atoms with Crippen LogP contribution in [0.4, 0.5) is 5.00 Å². The molecule has 1 heterocycles. The molecule has 0 saturated carbocycles. The minimum absolute atomic E-state index is 0.0248. The second-order valence-corrected chi connectivity index (χ2v) is 5.93. The Bertz CT molecular complexity index is 559. The summed E-state index contributed by atoms with van der Waals surface area (Å²) in [4.78, 5) is 33.2. The van der Waals surface area contributed by atoms with Gasteiger partial charge in [-0.05, 0) is 26.8 Å². The van der Waals surface area contributed by atoms with Crippen LogP contribution in [-0.4, -0.2) is 28.5 Å². The van der Waals surface area contributed by atoms with E-state index in [1.54, 1.807) is 20.8 Å². The van der Waals surface area contributed by atoms with Gasteiger partial charge in [0, 0.05) is 11.6 Å². The highest BCUT2D eigenvalue weighted by Crippen LogP contribution is 2.22. The molecular weight excluding hydrogens is 284 g/mol. The molecular formula is C11H14N4O4S. The Labute approximate surface area is 119 Å². The summed E-state index contributed by atoms with van der Waals surface area (Å²) in [5.74, 6) is -1.70. The first-order chi connectivity index (χ1) is 9.19. The molecule has 0 saturated heterocycles. The van der Waals surface area contributed by atoms with Gasteiger partial charge in [0.1, 0.15) is 0 Å². The topological polar surface area (TPSA) is 114 Å². The quantitative estimate of drug-likeness (QED) is 0.375. The standard InChI is InChI=1S/C11H14N4O4S/c1-11(2,3)13-9(16)10(17)14-12-6-7-4-5-8(20-7)15(18)19/h4-6H,1-3H3,(H,13,16)(H,14,17)/b12-6-. The second-order valence-electron chi connectivity index (χ2n) is 4.84. The van der Waals surface area contributed by atoms with E-state index in [1.807, 2.05) is 5.43 Å². The zero-order valence-corrected chi connectivity index (χ0v) is 12.0. The molecule has 0 aliphatic rings. The molecule has 20 heavy (non-hydrogen) atoms. The van der Waals surface area contributed by atoms with E-state index in [4.69, 9.17) is 0 Å². The van der Waals surface area contributed by atoms with Gasteiger partial charge in [0.15, 0.2) is 0 Å². The molecule has 0 aliphatic heterocycles. The van der Waals surface area contributed by atoms with Gasteiger partial charge in [0.25, 0.3) is 0 Å². The van der Waals surface area contributed by atoms with Crippen molar-refractivity contribution in [1.82, 2.24) is 10.7 Å². The summed E-state index contributed by atoms with van der Waals surface area (Å²) >= 11 is 0.911. The third-order valence-corrected chi connectivity index (χ3v) is 2.82. The summed E-state index contributed by atoms with van der Waals surface area (Å²) in [5.41, 5.74) is 1.53. The van der Waals surface area contributed by atoms with Gasteiger partial charge in [-0.15, -0.1) is 0 Å². The zero-order valence-electron chi connectivity index (χ0n) is 11.2. The van der Waals surface area contributed by atoms with Crippen molar-refractivity contribution in [2.45, 2.75) is 26.3 Å². The van der Waals surface area contributed by atoms with Gasteiger partial charge in [0.2, 0.25) is 0 Å². The van der Waals surface area contributed by atoms with E-state index in [0.717, 1.165) is 11.3 Å². The monoisotopic (exact) mass is 298 g/mol. The minimum Gasteiger partial charge on any atom is -0.343 e. The summed E-state index contributed by atoms with van der Waals surface area (Å²) in [6.07, 6.45) is 1.24. The lowest BCUT2D eigenvalue weighted by molar-refractivity contribution is -0.380. The number of hydrogen-bond donors (Lipinski definition) is 2. The molecule has 0 aromatic carbocycles. The Morgan fingerprint density at radius 3 is 2.50 bits per heavy atom. The van der Waals surface area contributed by atoms with E-state index in [2.05, 4.69) is 10.4 Å². The van der Waals surface area contributed by atoms with Crippen LogP contribution in [0.1, 0.15) is 25.6 Å². The molecule has 0 spiro atoms. The van der Waals surface area contributed by atoms with Crippen molar-refractivity contribution >= 4 is 34.4 Å². The third kappa shape index (κ3) is 5.14. The number of hydrogen-bond acceptors (Lipinski definition) is 6. The lowest BCUT2D eigenvalue weighted by Crippen LogP contribution is -2.47. The van der Waals surface area contributed by atoms with Gasteiger partial charge in [-0.2, -0.15) is 5.10 Å². The van der Waals surface area contributed by atoms with Crippen molar-refractivity contribution in [3.63, 3.8) is 0 Å². The number of hydrazone groups is 1. The molecule has 2 N–H and O–H groups in total. The molecule has 2 amide bonds. The number of nitro groups is 1. The van der Waals surface area contributed by atoms with Gasteiger partial charge in [-0.3, -0.25) is 19.7 Å². The highest BCUT2D eigenvalue weighted by molar-refractivity contribution is 7.16. The number of amides is 2. The highest BCUT2D eigenvalue weighted by Gasteiger charge is 2.19. The molecule has 0 atom stereocenters. The maximum Gasteiger partial charge on any atom is 0.329 e. The van der Waals surface area contributed by atoms with Crippen molar-refractivity contribution in [3.05, 3.63) is 27.1 Å². The van der Waals surface area contributed by atoms with Crippen molar-refractivity contribution in [1.29, 1.82) is 0 Å². The van der Waals surface area contributed by atoms with Gasteiger partial charge < -0.3 is 5.32 Å². The van der Waals surface area contributed by atoms with Crippen LogP contribution in [0.5, 0.6) is 0 Å². The number of rotatable bonds is 3. The molecule has 8 nitrogen and oxygen atoms in total. The predicted molar refractivity (Wildman–Crippen MR) is 74.6 cm³/mol. The fraction of sp³-hybridized carbons (Fsp3) is 0.364. The molecule has 0 aliphatic carbocycles. The highest BCUT2D eigenvalue weighted by atomic mass is 32.1. The zero-order chi connectivity index (χ0) is 15.3. The van der Waals surface area contributed by atoms with Crippen LogP contribution in [0.25, 0.3) is 0 Å². The predicted octanol–water partition coefficient (Wildman–Crippen LogP) is 1.02. The average Bonchev–Trinajstić information content (AvgIpc) is 2.75. The SMILES string of the molecule is CC(C)(C)NC(=O)C(=O)N/N=C\c1ccc([N+](=O)[O-])s1. The van der Waals surface area contributed by atoms with E-state index in [0.29, 0.717) is 4.88 Å². The largest absolute Gasteiger partial charge is 0.343 e.